The lowest BCUT2D eigenvalue weighted by Crippen LogP contribution is -2.38. The average molecular weight is 516 g/mol. The van der Waals surface area contributed by atoms with Crippen molar-refractivity contribution in [2.24, 2.45) is 5.92 Å². The molecule has 36 heavy (non-hydrogen) atoms. The molecule has 13 nitrogen and oxygen atoms in total. The molecule has 4 rings (SSSR count). The highest BCUT2D eigenvalue weighted by atomic mass is 31.2. The Balaban J connectivity index is 1.59. The Labute approximate surface area is 206 Å². The molecule has 0 spiro atoms. The summed E-state index contributed by atoms with van der Waals surface area (Å²) in [4.78, 5) is 15.3. The molecule has 1 unspecified atom stereocenters. The predicted octanol–water partition coefficient (Wildman–Crippen LogP) is 1.69. The van der Waals surface area contributed by atoms with E-state index in [0.717, 1.165) is 0 Å². The summed E-state index contributed by atoms with van der Waals surface area (Å²) in [5, 5.41) is 37.0. The zero-order chi connectivity index (χ0) is 26.1. The first-order valence-electron chi connectivity index (χ1n) is 11.0. The zero-order valence-electron chi connectivity index (χ0n) is 19.4. The molecule has 0 radical (unpaired) electrons. The second kappa shape index (κ2) is 9.85. The summed E-state index contributed by atoms with van der Waals surface area (Å²) in [6.45, 7) is 2.55. The lowest BCUT2D eigenvalue weighted by molar-refractivity contribution is -0.138. The first-order chi connectivity index (χ1) is 17.1. The number of ether oxygens (including phenoxy) is 1. The lowest BCUT2D eigenvalue weighted by atomic mass is 9.88. The molecule has 5 N–H and O–H groups in total. The summed E-state index contributed by atoms with van der Waals surface area (Å²) in [6.07, 6.45) is -1.01. The van der Waals surface area contributed by atoms with Gasteiger partial charge in [0.25, 0.3) is 0 Å². The van der Waals surface area contributed by atoms with Gasteiger partial charge in [0.05, 0.1) is 18.4 Å². The fourth-order valence-electron chi connectivity index (χ4n) is 3.94. The smallest absolute Gasteiger partial charge is 0.459 e. The van der Waals surface area contributed by atoms with Gasteiger partial charge in [0.1, 0.15) is 35.8 Å². The van der Waals surface area contributed by atoms with Gasteiger partial charge in [-0.15, -0.1) is 0 Å². The van der Waals surface area contributed by atoms with Crippen molar-refractivity contribution in [3.8, 4) is 11.8 Å². The number of nitrogens with one attached hydrogen (secondary N) is 1. The molecule has 3 heterocycles. The van der Waals surface area contributed by atoms with Gasteiger partial charge in [-0.25, -0.2) is 14.1 Å². The largest absolute Gasteiger partial charge is 0.480 e. The molecule has 6 atom stereocenters. The molecule has 0 bridgehead atoms. The number of aromatic nitrogens is 3. The Hall–Kier alpha value is -3.53. The number of carbonyl (C=O) groups is 1. The Morgan fingerprint density at radius 1 is 1.39 bits per heavy atom. The normalized spacial score (nSPS) is 26.2. The number of fused-ring (bicyclic) bond motifs is 1. The van der Waals surface area contributed by atoms with Crippen molar-refractivity contribution in [1.29, 1.82) is 5.26 Å². The number of para-hydroxylation sites is 1. The minimum Gasteiger partial charge on any atom is -0.480 e. The predicted molar refractivity (Wildman–Crippen MR) is 126 cm³/mol. The van der Waals surface area contributed by atoms with Crippen molar-refractivity contribution in [3.05, 3.63) is 54.5 Å². The number of hydrogen-bond acceptors (Lipinski definition) is 10. The molecule has 0 amide bonds. The van der Waals surface area contributed by atoms with Crippen LogP contribution in [0.4, 0.5) is 5.82 Å². The Kier molecular flexibility index (Phi) is 6.99. The van der Waals surface area contributed by atoms with E-state index in [0.29, 0.717) is 5.52 Å². The molecule has 0 aliphatic carbocycles. The van der Waals surface area contributed by atoms with E-state index >= 15 is 0 Å². The SMILES string of the molecule is C[C@H]1[C@@H](O)[C@](C#N)(c2ccc3c(N)ncnn23)O[C@@H]1COP(=O)(N[C@@H](C)C(=O)O)Oc1ccccc1. The number of aliphatic hydroxyl groups excluding tert-OH is 1. The number of nitrogen functional groups attached to an aromatic ring is 1. The van der Waals surface area contributed by atoms with Crippen LogP contribution < -0.4 is 15.3 Å². The van der Waals surface area contributed by atoms with Gasteiger partial charge < -0.3 is 25.2 Å². The maximum absolute atomic E-state index is 13.5. The van der Waals surface area contributed by atoms with Crippen LogP contribution in [-0.4, -0.2) is 55.6 Å². The van der Waals surface area contributed by atoms with Gasteiger partial charge in [-0.3, -0.25) is 9.32 Å². The Morgan fingerprint density at radius 3 is 2.78 bits per heavy atom. The van der Waals surface area contributed by atoms with Crippen molar-refractivity contribution >= 4 is 25.1 Å². The van der Waals surface area contributed by atoms with Crippen molar-refractivity contribution in [2.45, 2.75) is 37.7 Å². The van der Waals surface area contributed by atoms with Crippen LogP contribution in [0, 0.1) is 17.2 Å². The van der Waals surface area contributed by atoms with Gasteiger partial charge in [0, 0.05) is 5.92 Å². The molecule has 1 aliphatic heterocycles. The van der Waals surface area contributed by atoms with Gasteiger partial charge in [0.15, 0.2) is 5.82 Å². The standard InChI is InChI=1S/C22H25N6O7P/c1-13-17(10-33-36(32,27-14(2)21(30)31)35-15-6-4-3-5-7-15)34-22(11-23,19(13)29)18-9-8-16-20(24)25-12-26-28(16)18/h3-9,12-14,17,19,29H,10H2,1-2H3,(H,27,32)(H,30,31)(H2,24,25,26)/t13-,14+,17-,19-,22+,36?/m1/s1. The second-order valence-corrected chi connectivity index (χ2v) is 10.0. The second-order valence-electron chi connectivity index (χ2n) is 8.36. The van der Waals surface area contributed by atoms with Crippen molar-refractivity contribution in [1.82, 2.24) is 19.7 Å². The fourth-order valence-corrected chi connectivity index (χ4v) is 5.45. The van der Waals surface area contributed by atoms with Crippen LogP contribution in [0.15, 0.2) is 48.8 Å². The number of aliphatic carboxylic acids is 1. The van der Waals surface area contributed by atoms with Crippen LogP contribution in [0.3, 0.4) is 0 Å². The summed E-state index contributed by atoms with van der Waals surface area (Å²) in [5.41, 5.74) is 4.71. The van der Waals surface area contributed by atoms with Crippen LogP contribution in [0.2, 0.25) is 0 Å². The summed E-state index contributed by atoms with van der Waals surface area (Å²) in [5.74, 6) is -1.55. The number of hydrogen-bond donors (Lipinski definition) is 4. The monoisotopic (exact) mass is 516 g/mol. The first-order valence-corrected chi connectivity index (χ1v) is 12.5. The fraction of sp³-hybridized carbons (Fsp3) is 0.364. The minimum atomic E-state index is -4.22. The highest BCUT2D eigenvalue weighted by Crippen LogP contribution is 2.48. The van der Waals surface area contributed by atoms with Crippen LogP contribution in [0.5, 0.6) is 5.75 Å². The van der Waals surface area contributed by atoms with Gasteiger partial charge in [-0.05, 0) is 31.2 Å². The number of carboxylic acid groups (broad SMARTS) is 1. The number of aliphatic hydroxyl groups is 1. The lowest BCUT2D eigenvalue weighted by Gasteiger charge is -2.25. The van der Waals surface area contributed by atoms with Crippen LogP contribution >= 0.6 is 7.75 Å². The Bertz CT molecular complexity index is 1350. The highest BCUT2D eigenvalue weighted by molar-refractivity contribution is 7.52. The number of rotatable bonds is 9. The third-order valence-corrected chi connectivity index (χ3v) is 7.61. The maximum Gasteiger partial charge on any atom is 0.459 e. The topological polar surface area (TPSA) is 194 Å². The van der Waals surface area contributed by atoms with E-state index in [2.05, 4.69) is 15.2 Å². The van der Waals surface area contributed by atoms with Crippen molar-refractivity contribution in [2.75, 3.05) is 12.3 Å². The summed E-state index contributed by atoms with van der Waals surface area (Å²) in [6, 6.07) is 12.0. The Morgan fingerprint density at radius 2 is 2.11 bits per heavy atom. The number of nitrogens with two attached hydrogens (primary N) is 1. The molecule has 14 heteroatoms. The van der Waals surface area contributed by atoms with E-state index in [4.69, 9.17) is 19.5 Å². The molecular weight excluding hydrogens is 491 g/mol. The van der Waals surface area contributed by atoms with Gasteiger partial charge in [-0.2, -0.15) is 15.4 Å². The third kappa shape index (κ3) is 4.65. The molecule has 190 valence electrons. The number of nitrogens with zero attached hydrogens (tertiary/aromatic N) is 4. The first kappa shape index (κ1) is 25.6. The quantitative estimate of drug-likeness (QED) is 0.301. The van der Waals surface area contributed by atoms with E-state index in [1.165, 1.54) is 29.9 Å². The molecule has 1 fully saturated rings. The number of nitriles is 1. The molecule has 0 saturated carbocycles. The third-order valence-electron chi connectivity index (χ3n) is 5.97. The van der Waals surface area contributed by atoms with E-state index in [1.54, 1.807) is 37.3 Å². The molecule has 3 aromatic rings. The molecule has 1 aliphatic rings. The van der Waals surface area contributed by atoms with Crippen LogP contribution in [0.1, 0.15) is 19.5 Å². The molecule has 2 aromatic heterocycles. The van der Waals surface area contributed by atoms with E-state index in [-0.39, 0.29) is 23.9 Å². The van der Waals surface area contributed by atoms with E-state index < -0.39 is 43.5 Å². The van der Waals surface area contributed by atoms with Crippen molar-refractivity contribution < 1.29 is 33.4 Å². The van der Waals surface area contributed by atoms with E-state index in [1.807, 2.05) is 6.07 Å². The number of benzene rings is 1. The molecule has 1 aromatic carbocycles. The zero-order valence-corrected chi connectivity index (χ0v) is 20.3. The maximum atomic E-state index is 13.5. The summed E-state index contributed by atoms with van der Waals surface area (Å²) >= 11 is 0. The highest BCUT2D eigenvalue weighted by Gasteiger charge is 2.56. The molecular formula is C22H25N6O7P. The van der Waals surface area contributed by atoms with Crippen LogP contribution in [0.25, 0.3) is 5.52 Å². The van der Waals surface area contributed by atoms with Crippen LogP contribution in [-0.2, 0) is 24.2 Å². The summed E-state index contributed by atoms with van der Waals surface area (Å²) in [7, 11) is -4.22. The van der Waals surface area contributed by atoms with Crippen molar-refractivity contribution in [3.63, 3.8) is 0 Å². The molecule has 1 saturated heterocycles. The average Bonchev–Trinajstić information content (AvgIpc) is 3.39. The van der Waals surface area contributed by atoms with Gasteiger partial charge in [-0.1, -0.05) is 25.1 Å². The number of anilines is 1. The number of carboxylic acids is 1. The summed E-state index contributed by atoms with van der Waals surface area (Å²) < 4.78 is 32.0. The van der Waals surface area contributed by atoms with Gasteiger partial charge in [0.2, 0.25) is 5.60 Å². The van der Waals surface area contributed by atoms with E-state index in [9.17, 15) is 24.8 Å². The van der Waals surface area contributed by atoms with Gasteiger partial charge >= 0.3 is 13.7 Å². The minimum absolute atomic E-state index is 0.183.